The topological polar surface area (TPSA) is 41.8 Å². The lowest BCUT2D eigenvalue weighted by Gasteiger charge is -1.99. The van der Waals surface area contributed by atoms with Gasteiger partial charge in [0.05, 0.1) is 0 Å². The van der Waals surface area contributed by atoms with Gasteiger partial charge in [0.15, 0.2) is 0 Å². The third kappa shape index (κ3) is 2.84. The van der Waals surface area contributed by atoms with Crippen LogP contribution in [0.2, 0.25) is 0 Å². The van der Waals surface area contributed by atoms with Crippen molar-refractivity contribution in [1.82, 2.24) is 10.1 Å². The van der Waals surface area contributed by atoms with Crippen molar-refractivity contribution in [3.05, 3.63) is 10.7 Å². The van der Waals surface area contributed by atoms with Crippen LogP contribution >= 0.6 is 12.2 Å². The summed E-state index contributed by atoms with van der Waals surface area (Å²) in [5, 5.41) is 2.67. The molecule has 0 radical (unpaired) electrons. The van der Waals surface area contributed by atoms with Crippen LogP contribution in [0.25, 0.3) is 0 Å². The Balaban J connectivity index is 2.45. The molecule has 1 heterocycles. The molecule has 0 aliphatic heterocycles. The van der Waals surface area contributed by atoms with E-state index in [9.17, 15) is 0 Å². The quantitative estimate of drug-likeness (QED) is 0.711. The first-order valence-electron chi connectivity index (χ1n) is 3.73. The molecule has 0 saturated carbocycles. The van der Waals surface area contributed by atoms with E-state index >= 15 is 0 Å². The zero-order valence-corrected chi connectivity index (χ0v) is 7.57. The van der Waals surface area contributed by atoms with Crippen molar-refractivity contribution in [1.29, 1.82) is 0 Å². The molecule has 1 N–H and O–H groups in total. The molecule has 4 heteroatoms. The molecule has 0 fully saturated rings. The summed E-state index contributed by atoms with van der Waals surface area (Å²) in [6.07, 6.45) is 2.02. The number of aromatic nitrogens is 2. The minimum absolute atomic E-state index is 0.295. The van der Waals surface area contributed by atoms with Crippen LogP contribution in [0, 0.1) is 10.8 Å². The standard InChI is InChI=1S/C7H12N2OS/c1-5(2)3-4-6-8-7(11)10-9-6/h5H,3-4H2,1-2H3,(H,8,9,11). The number of hydrogen-bond acceptors (Lipinski definition) is 3. The molecule has 0 aromatic carbocycles. The van der Waals surface area contributed by atoms with Crippen LogP contribution in [0.4, 0.5) is 0 Å². The Kier molecular flexibility index (Phi) is 2.82. The van der Waals surface area contributed by atoms with Crippen molar-refractivity contribution in [2.75, 3.05) is 0 Å². The third-order valence-corrected chi connectivity index (χ3v) is 1.62. The summed E-state index contributed by atoms with van der Waals surface area (Å²) in [6.45, 7) is 4.35. The summed E-state index contributed by atoms with van der Waals surface area (Å²) in [6, 6.07) is 0. The van der Waals surface area contributed by atoms with Crippen LogP contribution in [0.3, 0.4) is 0 Å². The lowest BCUT2D eigenvalue weighted by Crippen LogP contribution is -1.93. The smallest absolute Gasteiger partial charge is 0.314 e. The maximum Gasteiger partial charge on any atom is 0.314 e. The van der Waals surface area contributed by atoms with Gasteiger partial charge in [-0.15, -0.1) is 0 Å². The van der Waals surface area contributed by atoms with E-state index in [1.54, 1.807) is 0 Å². The van der Waals surface area contributed by atoms with Crippen LogP contribution in [0.5, 0.6) is 0 Å². The number of nitrogens with one attached hydrogen (secondary N) is 1. The van der Waals surface area contributed by atoms with E-state index in [1.165, 1.54) is 0 Å². The average Bonchev–Trinajstić information content (AvgIpc) is 2.31. The summed E-state index contributed by atoms with van der Waals surface area (Å²) in [5.41, 5.74) is 0. The zero-order chi connectivity index (χ0) is 8.27. The summed E-state index contributed by atoms with van der Waals surface area (Å²) in [7, 11) is 0. The molecule has 0 atom stereocenters. The molecule has 11 heavy (non-hydrogen) atoms. The number of nitrogens with zero attached hydrogens (tertiary/aromatic N) is 1. The third-order valence-electron chi connectivity index (χ3n) is 1.44. The predicted octanol–water partition coefficient (Wildman–Crippen LogP) is 2.32. The van der Waals surface area contributed by atoms with Gasteiger partial charge in [-0.3, -0.25) is 0 Å². The van der Waals surface area contributed by atoms with Gasteiger partial charge in [0.1, 0.15) is 5.82 Å². The summed E-state index contributed by atoms with van der Waals surface area (Å²) in [5.74, 6) is 1.54. The van der Waals surface area contributed by atoms with E-state index in [2.05, 4.69) is 24.0 Å². The maximum absolute atomic E-state index is 4.78. The number of aryl methyl sites for hydroxylation is 1. The fourth-order valence-electron chi connectivity index (χ4n) is 0.791. The number of H-pyrrole nitrogens is 1. The van der Waals surface area contributed by atoms with Crippen LogP contribution in [0.15, 0.2) is 4.52 Å². The van der Waals surface area contributed by atoms with Crippen molar-refractivity contribution in [3.63, 3.8) is 0 Å². The number of hydrogen-bond donors (Lipinski definition) is 1. The summed E-state index contributed by atoms with van der Waals surface area (Å²) in [4.78, 5) is 4.27. The molecular formula is C7H12N2OS. The normalized spacial score (nSPS) is 10.8. The van der Waals surface area contributed by atoms with Crippen molar-refractivity contribution >= 4 is 12.2 Å². The molecule has 1 aromatic rings. The van der Waals surface area contributed by atoms with E-state index in [1.807, 2.05) is 0 Å². The van der Waals surface area contributed by atoms with E-state index in [0.717, 1.165) is 18.7 Å². The Morgan fingerprint density at radius 3 is 2.82 bits per heavy atom. The van der Waals surface area contributed by atoms with Crippen molar-refractivity contribution in [3.8, 4) is 0 Å². The van der Waals surface area contributed by atoms with Gasteiger partial charge in [-0.1, -0.05) is 13.8 Å². The molecule has 62 valence electrons. The molecule has 0 bridgehead atoms. The highest BCUT2D eigenvalue weighted by atomic mass is 32.1. The van der Waals surface area contributed by atoms with Gasteiger partial charge < -0.3 is 4.52 Å². The second kappa shape index (κ2) is 3.67. The van der Waals surface area contributed by atoms with Gasteiger partial charge in [0, 0.05) is 6.42 Å². The highest BCUT2D eigenvalue weighted by Crippen LogP contribution is 2.04. The first-order valence-corrected chi connectivity index (χ1v) is 4.13. The molecule has 1 aromatic heterocycles. The maximum atomic E-state index is 4.78. The molecule has 0 aliphatic rings. The number of rotatable bonds is 3. The molecule has 0 spiro atoms. The molecule has 3 nitrogen and oxygen atoms in total. The first-order chi connectivity index (χ1) is 5.18. The Bertz CT molecular complexity index is 263. The number of aromatic amines is 1. The average molecular weight is 172 g/mol. The molecule has 1 rings (SSSR count). The van der Waals surface area contributed by atoms with Crippen LogP contribution in [0.1, 0.15) is 26.1 Å². The monoisotopic (exact) mass is 172 g/mol. The van der Waals surface area contributed by atoms with E-state index in [4.69, 9.17) is 16.7 Å². The fourth-order valence-corrected chi connectivity index (χ4v) is 0.943. The van der Waals surface area contributed by atoms with Gasteiger partial charge >= 0.3 is 4.84 Å². The van der Waals surface area contributed by atoms with Crippen molar-refractivity contribution in [2.24, 2.45) is 5.92 Å². The van der Waals surface area contributed by atoms with Crippen LogP contribution < -0.4 is 0 Å². The zero-order valence-electron chi connectivity index (χ0n) is 6.76. The van der Waals surface area contributed by atoms with Crippen molar-refractivity contribution in [2.45, 2.75) is 26.7 Å². The van der Waals surface area contributed by atoms with Gasteiger partial charge in [-0.05, 0) is 24.6 Å². The lowest BCUT2D eigenvalue weighted by molar-refractivity contribution is 0.396. The Hall–Kier alpha value is -0.640. The highest BCUT2D eigenvalue weighted by molar-refractivity contribution is 7.71. The first kappa shape index (κ1) is 8.46. The van der Waals surface area contributed by atoms with E-state index < -0.39 is 0 Å². The molecule has 0 amide bonds. The highest BCUT2D eigenvalue weighted by Gasteiger charge is 1.99. The summed E-state index contributed by atoms with van der Waals surface area (Å²) >= 11 is 4.70. The fraction of sp³-hybridized carbons (Fsp3) is 0.714. The molecular weight excluding hydrogens is 160 g/mol. The minimum Gasteiger partial charge on any atom is -0.348 e. The molecule has 0 saturated heterocycles. The molecule has 0 unspecified atom stereocenters. The largest absolute Gasteiger partial charge is 0.348 e. The van der Waals surface area contributed by atoms with Crippen LogP contribution in [-0.2, 0) is 6.42 Å². The predicted molar refractivity (Wildman–Crippen MR) is 44.8 cm³/mol. The van der Waals surface area contributed by atoms with Gasteiger partial charge in [0.2, 0.25) is 0 Å². The van der Waals surface area contributed by atoms with E-state index in [-0.39, 0.29) is 0 Å². The van der Waals surface area contributed by atoms with Gasteiger partial charge in [0.25, 0.3) is 0 Å². The second-order valence-corrected chi connectivity index (χ2v) is 3.31. The van der Waals surface area contributed by atoms with E-state index in [0.29, 0.717) is 10.8 Å². The Labute approximate surface area is 70.8 Å². The van der Waals surface area contributed by atoms with Crippen molar-refractivity contribution < 1.29 is 4.52 Å². The SMILES string of the molecule is CC(C)CCc1nc(=S)o[nH]1. The Morgan fingerprint density at radius 1 is 1.64 bits per heavy atom. The van der Waals surface area contributed by atoms with Crippen LogP contribution in [-0.4, -0.2) is 10.1 Å². The Morgan fingerprint density at radius 2 is 2.36 bits per heavy atom. The second-order valence-electron chi connectivity index (χ2n) is 2.96. The van der Waals surface area contributed by atoms with Gasteiger partial charge in [-0.2, -0.15) is 4.98 Å². The lowest BCUT2D eigenvalue weighted by atomic mass is 10.1. The molecule has 0 aliphatic carbocycles. The van der Waals surface area contributed by atoms with Gasteiger partial charge in [-0.25, -0.2) is 5.16 Å². The minimum atomic E-state index is 0.295. The summed E-state index contributed by atoms with van der Waals surface area (Å²) < 4.78 is 4.78.